The summed E-state index contributed by atoms with van der Waals surface area (Å²) in [7, 11) is 1.64. The zero-order valence-corrected chi connectivity index (χ0v) is 14.7. The summed E-state index contributed by atoms with van der Waals surface area (Å²) >= 11 is 1.52. The number of carbonyl (C=O) groups excluding carboxylic acids is 1. The van der Waals surface area contributed by atoms with Crippen LogP contribution in [-0.2, 0) is 0 Å². The SMILES string of the molecule is COc1cccc(-c2csc3nc(-c4ccc(C)cc4)c(C=O)n23)c1. The Morgan fingerprint density at radius 1 is 1.12 bits per heavy atom. The minimum atomic E-state index is 0.568. The number of rotatable bonds is 4. The van der Waals surface area contributed by atoms with Crippen LogP contribution in [0.2, 0.25) is 0 Å². The molecule has 0 amide bonds. The topological polar surface area (TPSA) is 43.6 Å². The average Bonchev–Trinajstić information content (AvgIpc) is 3.21. The van der Waals surface area contributed by atoms with Gasteiger partial charge < -0.3 is 4.74 Å². The fraction of sp³-hybridized carbons (Fsp3) is 0.100. The van der Waals surface area contributed by atoms with E-state index in [1.807, 2.05) is 65.2 Å². The van der Waals surface area contributed by atoms with Gasteiger partial charge in [-0.25, -0.2) is 4.98 Å². The summed E-state index contributed by atoms with van der Waals surface area (Å²) in [6.45, 7) is 2.04. The molecule has 4 aromatic rings. The summed E-state index contributed by atoms with van der Waals surface area (Å²) in [6.07, 6.45) is 0.881. The zero-order valence-electron chi connectivity index (χ0n) is 13.9. The lowest BCUT2D eigenvalue weighted by molar-refractivity contribution is 0.111. The van der Waals surface area contributed by atoms with Gasteiger partial charge in [-0.3, -0.25) is 9.20 Å². The van der Waals surface area contributed by atoms with Crippen molar-refractivity contribution in [3.8, 4) is 28.3 Å². The van der Waals surface area contributed by atoms with Gasteiger partial charge in [0.25, 0.3) is 0 Å². The number of aldehydes is 1. The summed E-state index contributed by atoms with van der Waals surface area (Å²) in [4.78, 5) is 17.4. The molecule has 0 saturated carbocycles. The predicted octanol–water partition coefficient (Wildman–Crippen LogP) is 4.86. The normalized spacial score (nSPS) is 11.0. The van der Waals surface area contributed by atoms with Crippen LogP contribution in [0.25, 0.3) is 27.5 Å². The molecule has 5 heteroatoms. The quantitative estimate of drug-likeness (QED) is 0.495. The Hall–Kier alpha value is -2.92. The van der Waals surface area contributed by atoms with Crippen LogP contribution in [0.5, 0.6) is 5.75 Å². The van der Waals surface area contributed by atoms with E-state index in [0.717, 1.165) is 33.8 Å². The van der Waals surface area contributed by atoms with Crippen molar-refractivity contribution in [3.05, 3.63) is 65.2 Å². The molecule has 124 valence electrons. The van der Waals surface area contributed by atoms with E-state index in [9.17, 15) is 4.79 Å². The zero-order chi connectivity index (χ0) is 17.4. The maximum atomic E-state index is 11.9. The van der Waals surface area contributed by atoms with Crippen LogP contribution in [0.15, 0.2) is 53.9 Å². The minimum absolute atomic E-state index is 0.568. The monoisotopic (exact) mass is 348 g/mol. The standard InChI is InChI=1S/C20H16N2O2S/c1-13-6-8-14(9-7-13)19-17(11-23)22-18(12-25-20(22)21-19)15-4-3-5-16(10-15)24-2/h3-12H,1-2H3. The van der Waals surface area contributed by atoms with E-state index in [0.29, 0.717) is 11.4 Å². The largest absolute Gasteiger partial charge is 0.497 e. The molecule has 0 unspecified atom stereocenters. The van der Waals surface area contributed by atoms with Gasteiger partial charge in [-0.15, -0.1) is 11.3 Å². The first kappa shape index (κ1) is 15.6. The number of benzene rings is 2. The lowest BCUT2D eigenvalue weighted by atomic mass is 10.1. The number of hydrogen-bond acceptors (Lipinski definition) is 4. The van der Waals surface area contributed by atoms with Gasteiger partial charge in [0.15, 0.2) is 11.2 Å². The second-order valence-electron chi connectivity index (χ2n) is 5.80. The van der Waals surface area contributed by atoms with E-state index in [2.05, 4.69) is 0 Å². The fourth-order valence-corrected chi connectivity index (χ4v) is 3.80. The molecule has 2 aromatic heterocycles. The van der Waals surface area contributed by atoms with Crippen LogP contribution in [0.3, 0.4) is 0 Å². The molecule has 25 heavy (non-hydrogen) atoms. The molecular formula is C20H16N2O2S. The van der Waals surface area contributed by atoms with Crippen molar-refractivity contribution in [2.24, 2.45) is 0 Å². The highest BCUT2D eigenvalue weighted by molar-refractivity contribution is 7.15. The predicted molar refractivity (Wildman–Crippen MR) is 101 cm³/mol. The number of ether oxygens (including phenoxy) is 1. The van der Waals surface area contributed by atoms with Crippen LogP contribution in [0.4, 0.5) is 0 Å². The van der Waals surface area contributed by atoms with E-state index in [4.69, 9.17) is 9.72 Å². The van der Waals surface area contributed by atoms with E-state index < -0.39 is 0 Å². The highest BCUT2D eigenvalue weighted by Crippen LogP contribution is 2.33. The first-order valence-corrected chi connectivity index (χ1v) is 8.76. The van der Waals surface area contributed by atoms with Gasteiger partial charge in [0, 0.05) is 16.5 Å². The molecule has 0 saturated heterocycles. The molecule has 0 aliphatic carbocycles. The maximum Gasteiger partial charge on any atom is 0.195 e. The Bertz CT molecular complexity index is 1060. The molecule has 0 aliphatic rings. The number of aromatic nitrogens is 2. The van der Waals surface area contributed by atoms with Gasteiger partial charge in [0.05, 0.1) is 12.8 Å². The van der Waals surface area contributed by atoms with Gasteiger partial charge in [0.1, 0.15) is 17.1 Å². The molecule has 0 N–H and O–H groups in total. The fourth-order valence-electron chi connectivity index (χ4n) is 2.90. The highest BCUT2D eigenvalue weighted by atomic mass is 32.1. The van der Waals surface area contributed by atoms with E-state index in [-0.39, 0.29) is 0 Å². The van der Waals surface area contributed by atoms with Gasteiger partial charge in [-0.2, -0.15) is 0 Å². The van der Waals surface area contributed by atoms with Gasteiger partial charge in [-0.1, -0.05) is 42.0 Å². The van der Waals surface area contributed by atoms with Crippen molar-refractivity contribution in [1.82, 2.24) is 9.38 Å². The molecule has 0 spiro atoms. The Labute approximate surface area is 149 Å². The third-order valence-corrected chi connectivity index (χ3v) is 5.03. The van der Waals surface area contributed by atoms with Crippen LogP contribution < -0.4 is 4.74 Å². The smallest absolute Gasteiger partial charge is 0.195 e. The third-order valence-electron chi connectivity index (χ3n) is 4.20. The molecular weight excluding hydrogens is 332 g/mol. The van der Waals surface area contributed by atoms with Crippen molar-refractivity contribution in [3.63, 3.8) is 0 Å². The number of fused-ring (bicyclic) bond motifs is 1. The second kappa shape index (κ2) is 6.18. The number of methoxy groups -OCH3 is 1. The summed E-state index contributed by atoms with van der Waals surface area (Å²) in [5.41, 5.74) is 5.33. The maximum absolute atomic E-state index is 11.9. The summed E-state index contributed by atoms with van der Waals surface area (Å²) in [5.74, 6) is 0.781. The number of thiazole rings is 1. The summed E-state index contributed by atoms with van der Waals surface area (Å²) in [6, 6.07) is 15.9. The highest BCUT2D eigenvalue weighted by Gasteiger charge is 2.18. The number of carbonyl (C=O) groups is 1. The summed E-state index contributed by atoms with van der Waals surface area (Å²) in [5, 5.41) is 2.02. The Morgan fingerprint density at radius 3 is 2.64 bits per heavy atom. The van der Waals surface area contributed by atoms with Crippen molar-refractivity contribution in [2.45, 2.75) is 6.92 Å². The molecule has 0 fully saturated rings. The molecule has 2 aromatic carbocycles. The number of aryl methyl sites for hydroxylation is 1. The Morgan fingerprint density at radius 2 is 1.92 bits per heavy atom. The van der Waals surface area contributed by atoms with E-state index >= 15 is 0 Å². The van der Waals surface area contributed by atoms with Crippen LogP contribution in [0.1, 0.15) is 16.1 Å². The first-order chi connectivity index (χ1) is 12.2. The van der Waals surface area contributed by atoms with Gasteiger partial charge in [-0.05, 0) is 19.1 Å². The van der Waals surface area contributed by atoms with Crippen LogP contribution >= 0.6 is 11.3 Å². The third kappa shape index (κ3) is 2.62. The number of imidazole rings is 1. The lowest BCUT2D eigenvalue weighted by Crippen LogP contribution is -1.94. The minimum Gasteiger partial charge on any atom is -0.497 e. The van der Waals surface area contributed by atoms with Crippen LogP contribution in [0, 0.1) is 6.92 Å². The second-order valence-corrected chi connectivity index (χ2v) is 6.64. The molecule has 4 nitrogen and oxygen atoms in total. The molecule has 0 bridgehead atoms. The van der Waals surface area contributed by atoms with Crippen LogP contribution in [-0.4, -0.2) is 22.8 Å². The number of nitrogens with zero attached hydrogens (tertiary/aromatic N) is 2. The Kier molecular flexibility index (Phi) is 3.86. The Balaban J connectivity index is 1.93. The molecule has 2 heterocycles. The van der Waals surface area contributed by atoms with Gasteiger partial charge in [0.2, 0.25) is 0 Å². The van der Waals surface area contributed by atoms with E-state index in [1.54, 1.807) is 7.11 Å². The average molecular weight is 348 g/mol. The molecule has 0 atom stereocenters. The van der Waals surface area contributed by atoms with Crippen molar-refractivity contribution in [1.29, 1.82) is 0 Å². The lowest BCUT2D eigenvalue weighted by Gasteiger charge is -2.05. The molecule has 4 rings (SSSR count). The van der Waals surface area contributed by atoms with E-state index in [1.165, 1.54) is 16.9 Å². The number of hydrogen-bond donors (Lipinski definition) is 0. The van der Waals surface area contributed by atoms with Crippen molar-refractivity contribution >= 4 is 22.6 Å². The van der Waals surface area contributed by atoms with Crippen molar-refractivity contribution < 1.29 is 9.53 Å². The van der Waals surface area contributed by atoms with Gasteiger partial charge >= 0.3 is 0 Å². The molecule has 0 aliphatic heterocycles. The van der Waals surface area contributed by atoms with Crippen molar-refractivity contribution in [2.75, 3.05) is 7.11 Å². The first-order valence-electron chi connectivity index (χ1n) is 7.88. The summed E-state index contributed by atoms with van der Waals surface area (Å²) < 4.78 is 7.23. The molecule has 0 radical (unpaired) electrons.